The van der Waals surface area contributed by atoms with Crippen LogP contribution in [0.3, 0.4) is 0 Å². The Kier molecular flexibility index (Phi) is 4.52. The molecule has 0 aliphatic heterocycles. The maximum atomic E-state index is 13.0. The van der Waals surface area contributed by atoms with Gasteiger partial charge in [0.25, 0.3) is 10.0 Å². The minimum Gasteiger partial charge on any atom is -0.495 e. The number of aryl methyl sites for hydroxylation is 1. The van der Waals surface area contributed by atoms with Gasteiger partial charge in [0.2, 0.25) is 0 Å². The molecule has 3 aromatic heterocycles. The van der Waals surface area contributed by atoms with E-state index in [1.807, 2.05) is 41.9 Å². The summed E-state index contributed by atoms with van der Waals surface area (Å²) in [5.74, 6) is -0.297. The lowest BCUT2D eigenvalue weighted by molar-refractivity contribution is 0.417. The number of ether oxygens (including phenoxy) is 1. The fourth-order valence-corrected chi connectivity index (χ4v) is 4.56. The maximum absolute atomic E-state index is 13.0. The molecular formula is C22H18N4O5S. The van der Waals surface area contributed by atoms with Crippen molar-refractivity contribution in [3.63, 3.8) is 0 Å². The number of anilines is 1. The van der Waals surface area contributed by atoms with Crippen LogP contribution in [-0.4, -0.2) is 29.9 Å². The smallest absolute Gasteiger partial charge is 0.417 e. The standard InChI is InChI=1S/C22H18N4O5S/c1-13-7-8-26-12-18(23-21(26)9-13)14-3-5-19(30-2)17(10-14)25-32(28,29)15-4-6-20-16(11-15)24-22(27)31-20/h3-12,25H,1-2H3,(H,24,27). The number of hydrogen-bond donors (Lipinski definition) is 2. The molecule has 9 nitrogen and oxygen atoms in total. The molecule has 0 bridgehead atoms. The van der Waals surface area contributed by atoms with Crippen molar-refractivity contribution >= 4 is 32.5 Å². The maximum Gasteiger partial charge on any atom is 0.417 e. The fourth-order valence-electron chi connectivity index (χ4n) is 3.47. The molecule has 2 N–H and O–H groups in total. The van der Waals surface area contributed by atoms with Crippen molar-refractivity contribution in [2.24, 2.45) is 0 Å². The average Bonchev–Trinajstić information content (AvgIpc) is 3.34. The Morgan fingerprint density at radius 1 is 1.12 bits per heavy atom. The third kappa shape index (κ3) is 3.50. The lowest BCUT2D eigenvalue weighted by Crippen LogP contribution is -2.13. The summed E-state index contributed by atoms with van der Waals surface area (Å²) in [6.07, 6.45) is 3.79. The molecule has 0 unspecified atom stereocenters. The topological polar surface area (TPSA) is 119 Å². The summed E-state index contributed by atoms with van der Waals surface area (Å²) in [4.78, 5) is 18.4. The van der Waals surface area contributed by atoms with Crippen molar-refractivity contribution in [2.45, 2.75) is 11.8 Å². The van der Waals surface area contributed by atoms with E-state index >= 15 is 0 Å². The molecule has 0 aliphatic rings. The molecule has 2 aromatic carbocycles. The highest BCUT2D eigenvalue weighted by molar-refractivity contribution is 7.92. The van der Waals surface area contributed by atoms with Crippen LogP contribution < -0.4 is 15.2 Å². The number of imidazole rings is 1. The lowest BCUT2D eigenvalue weighted by Gasteiger charge is -2.13. The van der Waals surface area contributed by atoms with E-state index in [2.05, 4.69) is 14.7 Å². The van der Waals surface area contributed by atoms with E-state index < -0.39 is 15.8 Å². The Bertz CT molecular complexity index is 1650. The first-order valence-corrected chi connectivity index (χ1v) is 11.1. The van der Waals surface area contributed by atoms with Crippen LogP contribution in [0.25, 0.3) is 28.0 Å². The number of nitrogens with zero attached hydrogens (tertiary/aromatic N) is 2. The van der Waals surface area contributed by atoms with Gasteiger partial charge >= 0.3 is 5.76 Å². The molecule has 0 spiro atoms. The summed E-state index contributed by atoms with van der Waals surface area (Å²) in [5.41, 5.74) is 4.12. The number of fused-ring (bicyclic) bond motifs is 2. The minimum absolute atomic E-state index is 0.0299. The Hall–Kier alpha value is -4.05. The number of aromatic nitrogens is 3. The molecule has 5 rings (SSSR count). The van der Waals surface area contributed by atoms with Crippen LogP contribution in [0.15, 0.2) is 75.0 Å². The van der Waals surface area contributed by atoms with Gasteiger partial charge in [0.15, 0.2) is 5.58 Å². The molecule has 0 aliphatic carbocycles. The van der Waals surface area contributed by atoms with Gasteiger partial charge in [0.05, 0.1) is 28.9 Å². The predicted molar refractivity (Wildman–Crippen MR) is 120 cm³/mol. The van der Waals surface area contributed by atoms with Gasteiger partial charge in [-0.3, -0.25) is 9.71 Å². The van der Waals surface area contributed by atoms with Gasteiger partial charge in [-0.15, -0.1) is 0 Å². The number of rotatable bonds is 5. The van der Waals surface area contributed by atoms with E-state index in [9.17, 15) is 13.2 Å². The molecule has 0 saturated carbocycles. The van der Waals surface area contributed by atoms with Crippen LogP contribution in [0.1, 0.15) is 5.56 Å². The number of pyridine rings is 1. The van der Waals surface area contributed by atoms with Crippen molar-refractivity contribution in [1.82, 2.24) is 14.4 Å². The van der Waals surface area contributed by atoms with Gasteiger partial charge in [0, 0.05) is 18.0 Å². The second kappa shape index (κ2) is 7.27. The minimum atomic E-state index is -3.98. The van der Waals surface area contributed by atoms with Crippen LogP contribution in [0.5, 0.6) is 5.75 Å². The van der Waals surface area contributed by atoms with E-state index in [-0.39, 0.29) is 16.2 Å². The molecule has 32 heavy (non-hydrogen) atoms. The summed E-state index contributed by atoms with van der Waals surface area (Å²) < 4.78 is 40.8. The Morgan fingerprint density at radius 3 is 2.78 bits per heavy atom. The Labute approximate surface area is 182 Å². The van der Waals surface area contributed by atoms with Crippen molar-refractivity contribution in [3.8, 4) is 17.0 Å². The van der Waals surface area contributed by atoms with Gasteiger partial charge in [-0.05, 0) is 61.0 Å². The van der Waals surface area contributed by atoms with Crippen molar-refractivity contribution in [2.75, 3.05) is 11.8 Å². The molecule has 0 fully saturated rings. The second-order valence-corrected chi connectivity index (χ2v) is 8.97. The highest BCUT2D eigenvalue weighted by Gasteiger charge is 2.19. The van der Waals surface area contributed by atoms with Crippen LogP contribution in [0.2, 0.25) is 0 Å². The van der Waals surface area contributed by atoms with Crippen molar-refractivity contribution in [3.05, 3.63) is 77.0 Å². The van der Waals surface area contributed by atoms with Crippen molar-refractivity contribution < 1.29 is 17.6 Å². The van der Waals surface area contributed by atoms with Crippen LogP contribution in [0, 0.1) is 6.92 Å². The second-order valence-electron chi connectivity index (χ2n) is 7.29. The zero-order chi connectivity index (χ0) is 22.5. The quantitative estimate of drug-likeness (QED) is 0.423. The zero-order valence-corrected chi connectivity index (χ0v) is 17.9. The number of H-pyrrole nitrogens is 1. The fraction of sp³-hybridized carbons (Fsp3) is 0.0909. The molecule has 0 radical (unpaired) electrons. The van der Waals surface area contributed by atoms with Crippen LogP contribution in [-0.2, 0) is 10.0 Å². The number of sulfonamides is 1. The molecular weight excluding hydrogens is 432 g/mol. The number of oxazole rings is 1. The summed E-state index contributed by atoms with van der Waals surface area (Å²) in [6, 6.07) is 13.2. The lowest BCUT2D eigenvalue weighted by atomic mass is 10.1. The van der Waals surface area contributed by atoms with Gasteiger partial charge in [-0.1, -0.05) is 0 Å². The number of aromatic amines is 1. The highest BCUT2D eigenvalue weighted by atomic mass is 32.2. The summed E-state index contributed by atoms with van der Waals surface area (Å²) >= 11 is 0. The van der Waals surface area contributed by atoms with Gasteiger partial charge in [-0.25, -0.2) is 18.2 Å². The number of hydrogen-bond acceptors (Lipinski definition) is 6. The number of methoxy groups -OCH3 is 1. The van der Waals surface area contributed by atoms with Crippen molar-refractivity contribution in [1.29, 1.82) is 0 Å². The first kappa shape index (κ1) is 19.9. The van der Waals surface area contributed by atoms with Crippen LogP contribution in [0.4, 0.5) is 5.69 Å². The summed E-state index contributed by atoms with van der Waals surface area (Å²) in [5, 5.41) is 0. The van der Waals surface area contributed by atoms with E-state index in [4.69, 9.17) is 9.15 Å². The molecule has 0 amide bonds. The van der Waals surface area contributed by atoms with Crippen LogP contribution >= 0.6 is 0 Å². The Balaban J connectivity index is 1.54. The molecule has 3 heterocycles. The SMILES string of the molecule is COc1ccc(-c2cn3ccc(C)cc3n2)cc1NS(=O)(=O)c1ccc2oc(=O)[nH]c2c1. The molecule has 162 valence electrons. The largest absolute Gasteiger partial charge is 0.495 e. The highest BCUT2D eigenvalue weighted by Crippen LogP contribution is 2.32. The normalized spacial score (nSPS) is 11.8. The van der Waals surface area contributed by atoms with Gasteiger partial charge < -0.3 is 13.6 Å². The van der Waals surface area contributed by atoms with E-state index in [1.54, 1.807) is 12.1 Å². The monoisotopic (exact) mass is 450 g/mol. The third-order valence-corrected chi connectivity index (χ3v) is 6.42. The third-order valence-electron chi connectivity index (χ3n) is 5.06. The van der Waals surface area contributed by atoms with E-state index in [0.29, 0.717) is 17.0 Å². The summed E-state index contributed by atoms with van der Waals surface area (Å²) in [6.45, 7) is 1.99. The zero-order valence-electron chi connectivity index (χ0n) is 17.1. The molecule has 5 aromatic rings. The average molecular weight is 450 g/mol. The number of benzene rings is 2. The molecule has 10 heteroatoms. The van der Waals surface area contributed by atoms with E-state index in [0.717, 1.165) is 16.8 Å². The number of nitrogens with one attached hydrogen (secondary N) is 2. The molecule has 0 saturated heterocycles. The first-order valence-electron chi connectivity index (χ1n) is 9.62. The first-order chi connectivity index (χ1) is 15.3. The predicted octanol–water partition coefficient (Wildman–Crippen LogP) is 3.55. The van der Waals surface area contributed by atoms with Gasteiger partial charge in [0.1, 0.15) is 11.4 Å². The Morgan fingerprint density at radius 2 is 1.97 bits per heavy atom. The van der Waals surface area contributed by atoms with Gasteiger partial charge in [-0.2, -0.15) is 0 Å². The molecule has 0 atom stereocenters. The summed E-state index contributed by atoms with van der Waals surface area (Å²) in [7, 11) is -2.52. The van der Waals surface area contributed by atoms with E-state index in [1.165, 1.54) is 25.3 Å².